The number of imide groups is 1. The van der Waals surface area contributed by atoms with Gasteiger partial charge in [-0.3, -0.25) is 14.5 Å². The second-order valence-electron chi connectivity index (χ2n) is 6.96. The van der Waals surface area contributed by atoms with Crippen molar-refractivity contribution in [2.24, 2.45) is 11.8 Å². The van der Waals surface area contributed by atoms with E-state index in [9.17, 15) is 9.59 Å². The van der Waals surface area contributed by atoms with Crippen molar-refractivity contribution in [3.8, 4) is 0 Å². The Morgan fingerprint density at radius 3 is 2.48 bits per heavy atom. The van der Waals surface area contributed by atoms with Gasteiger partial charge in [0, 0.05) is 23.1 Å². The Labute approximate surface area is 135 Å². The maximum absolute atomic E-state index is 12.7. The number of fused-ring (bicyclic) bond motifs is 2. The highest BCUT2D eigenvalue weighted by Crippen LogP contribution is 2.39. The van der Waals surface area contributed by atoms with Crippen LogP contribution in [0.25, 0.3) is 10.9 Å². The number of aromatic nitrogens is 1. The van der Waals surface area contributed by atoms with E-state index < -0.39 is 0 Å². The van der Waals surface area contributed by atoms with Crippen molar-refractivity contribution in [3.63, 3.8) is 0 Å². The number of amides is 2. The van der Waals surface area contributed by atoms with Crippen LogP contribution in [0, 0.1) is 11.8 Å². The second kappa shape index (κ2) is 5.52. The molecule has 1 N–H and O–H groups in total. The first-order valence-electron chi connectivity index (χ1n) is 8.58. The van der Waals surface area contributed by atoms with Crippen molar-refractivity contribution in [1.82, 2.24) is 9.88 Å². The Balaban J connectivity index is 1.58. The Kier molecular flexibility index (Phi) is 3.47. The van der Waals surface area contributed by atoms with Crippen LogP contribution < -0.4 is 0 Å². The van der Waals surface area contributed by atoms with E-state index >= 15 is 0 Å². The average molecular weight is 310 g/mol. The molecule has 2 aromatic rings. The van der Waals surface area contributed by atoms with Crippen LogP contribution in [0.1, 0.15) is 38.2 Å². The topological polar surface area (TPSA) is 53.2 Å². The minimum absolute atomic E-state index is 0.0540. The largest absolute Gasteiger partial charge is 0.361 e. The maximum Gasteiger partial charge on any atom is 0.233 e. The van der Waals surface area contributed by atoms with E-state index in [1.165, 1.54) is 10.9 Å². The Morgan fingerprint density at radius 1 is 1.13 bits per heavy atom. The molecular weight excluding hydrogens is 288 g/mol. The zero-order valence-corrected chi connectivity index (χ0v) is 13.4. The number of likely N-dealkylation sites (tertiary alicyclic amines) is 1. The summed E-state index contributed by atoms with van der Waals surface area (Å²) in [6.07, 6.45) is 6.62. The minimum Gasteiger partial charge on any atom is -0.361 e. The third kappa shape index (κ3) is 2.28. The highest BCUT2D eigenvalue weighted by atomic mass is 16.2. The van der Waals surface area contributed by atoms with Gasteiger partial charge < -0.3 is 4.98 Å². The normalized spacial score (nSPS) is 25.9. The molecule has 2 fully saturated rings. The molecule has 2 aliphatic rings. The summed E-state index contributed by atoms with van der Waals surface area (Å²) in [4.78, 5) is 30.2. The predicted octanol–water partition coefficient (Wildman–Crippen LogP) is 3.27. The van der Waals surface area contributed by atoms with Gasteiger partial charge in [0.1, 0.15) is 0 Å². The lowest BCUT2D eigenvalue weighted by Crippen LogP contribution is -2.40. The number of aromatic amines is 1. The van der Waals surface area contributed by atoms with Gasteiger partial charge in [-0.1, -0.05) is 31.0 Å². The zero-order valence-electron chi connectivity index (χ0n) is 13.4. The first-order valence-corrected chi connectivity index (χ1v) is 8.58. The van der Waals surface area contributed by atoms with E-state index in [0.717, 1.165) is 31.2 Å². The number of para-hydroxylation sites is 1. The molecule has 4 heteroatoms. The predicted molar refractivity (Wildman–Crippen MR) is 88.8 cm³/mol. The summed E-state index contributed by atoms with van der Waals surface area (Å²) in [5.74, 6) is 0.0161. The molecular formula is C19H22N2O2. The average Bonchev–Trinajstić information content (AvgIpc) is 3.08. The molecule has 2 heterocycles. The summed E-state index contributed by atoms with van der Waals surface area (Å²) < 4.78 is 0. The Morgan fingerprint density at radius 2 is 1.78 bits per heavy atom. The number of nitrogens with one attached hydrogen (secondary N) is 1. The van der Waals surface area contributed by atoms with Gasteiger partial charge in [0.25, 0.3) is 0 Å². The minimum atomic E-state index is -0.0835. The number of hydrogen-bond acceptors (Lipinski definition) is 2. The Bertz CT molecular complexity index is 740. The molecule has 1 aliphatic carbocycles. The fraction of sp³-hybridized carbons (Fsp3) is 0.474. The quantitative estimate of drug-likeness (QED) is 0.885. The number of H-pyrrole nitrogens is 1. The third-order valence-electron chi connectivity index (χ3n) is 5.51. The smallest absolute Gasteiger partial charge is 0.233 e. The summed E-state index contributed by atoms with van der Waals surface area (Å²) in [5.41, 5.74) is 2.27. The summed E-state index contributed by atoms with van der Waals surface area (Å²) in [6, 6.07) is 8.07. The number of rotatable bonds is 3. The number of nitrogens with zero attached hydrogens (tertiary/aromatic N) is 1. The summed E-state index contributed by atoms with van der Waals surface area (Å²) in [6.45, 7) is 1.99. The zero-order chi connectivity index (χ0) is 16.0. The van der Waals surface area contributed by atoms with E-state index in [4.69, 9.17) is 0 Å². The summed E-state index contributed by atoms with van der Waals surface area (Å²) in [7, 11) is 0. The number of carbonyl (C=O) groups excluding carboxylic acids is 2. The molecule has 0 spiro atoms. The third-order valence-corrected chi connectivity index (χ3v) is 5.51. The molecule has 1 aromatic heterocycles. The van der Waals surface area contributed by atoms with Crippen LogP contribution in [0.3, 0.4) is 0 Å². The number of benzene rings is 1. The van der Waals surface area contributed by atoms with Crippen LogP contribution in [0.2, 0.25) is 0 Å². The van der Waals surface area contributed by atoms with Crippen LogP contribution >= 0.6 is 0 Å². The van der Waals surface area contributed by atoms with Crippen molar-refractivity contribution in [3.05, 3.63) is 36.0 Å². The first-order chi connectivity index (χ1) is 11.2. The molecule has 1 aromatic carbocycles. The van der Waals surface area contributed by atoms with Crippen LogP contribution in [0.15, 0.2) is 30.5 Å². The van der Waals surface area contributed by atoms with Crippen molar-refractivity contribution in [2.75, 3.05) is 0 Å². The van der Waals surface area contributed by atoms with E-state index in [-0.39, 0.29) is 29.7 Å². The van der Waals surface area contributed by atoms with E-state index in [1.54, 1.807) is 4.90 Å². The Hall–Kier alpha value is -2.10. The molecule has 120 valence electrons. The molecule has 0 bridgehead atoms. The van der Waals surface area contributed by atoms with Gasteiger partial charge in [-0.25, -0.2) is 0 Å². The van der Waals surface area contributed by atoms with Gasteiger partial charge >= 0.3 is 0 Å². The van der Waals surface area contributed by atoms with Crippen LogP contribution in [-0.2, 0) is 16.0 Å². The molecule has 4 nitrogen and oxygen atoms in total. The molecule has 1 saturated carbocycles. The second-order valence-corrected chi connectivity index (χ2v) is 6.96. The maximum atomic E-state index is 12.7. The number of hydrogen-bond donors (Lipinski definition) is 1. The lowest BCUT2D eigenvalue weighted by molar-refractivity contribution is -0.142. The molecule has 1 aliphatic heterocycles. The van der Waals surface area contributed by atoms with Crippen molar-refractivity contribution in [2.45, 2.75) is 45.1 Å². The van der Waals surface area contributed by atoms with E-state index in [0.29, 0.717) is 6.42 Å². The highest BCUT2D eigenvalue weighted by Gasteiger charge is 2.49. The molecule has 1 saturated heterocycles. The molecule has 3 atom stereocenters. The molecule has 0 radical (unpaired) electrons. The van der Waals surface area contributed by atoms with Crippen LogP contribution in [0.5, 0.6) is 0 Å². The monoisotopic (exact) mass is 310 g/mol. The van der Waals surface area contributed by atoms with E-state index in [2.05, 4.69) is 11.1 Å². The lowest BCUT2D eigenvalue weighted by Gasteiger charge is -2.23. The summed E-state index contributed by atoms with van der Waals surface area (Å²) in [5, 5.41) is 1.18. The summed E-state index contributed by atoms with van der Waals surface area (Å²) >= 11 is 0. The molecule has 23 heavy (non-hydrogen) atoms. The van der Waals surface area contributed by atoms with Gasteiger partial charge in [-0.05, 0) is 37.8 Å². The van der Waals surface area contributed by atoms with Crippen LogP contribution in [-0.4, -0.2) is 27.7 Å². The number of carbonyl (C=O) groups is 2. The van der Waals surface area contributed by atoms with Gasteiger partial charge in [0.2, 0.25) is 11.8 Å². The molecule has 2 amide bonds. The lowest BCUT2D eigenvalue weighted by atomic mass is 9.81. The van der Waals surface area contributed by atoms with E-state index in [1.807, 2.05) is 31.3 Å². The standard InChI is InChI=1S/C19H22N2O2/c1-12(10-13-11-20-17-9-5-4-6-14(13)17)21-18(22)15-7-2-3-8-16(15)19(21)23/h4-6,9,11-12,15-16,20H,2-3,7-8,10H2,1H3. The van der Waals surface area contributed by atoms with Gasteiger partial charge in [0.05, 0.1) is 11.8 Å². The van der Waals surface area contributed by atoms with Crippen LogP contribution in [0.4, 0.5) is 0 Å². The molecule has 4 rings (SSSR count). The van der Waals surface area contributed by atoms with Gasteiger partial charge in [-0.2, -0.15) is 0 Å². The first kappa shape index (κ1) is 14.5. The van der Waals surface area contributed by atoms with Gasteiger partial charge in [0.15, 0.2) is 0 Å². The molecule has 3 unspecified atom stereocenters. The fourth-order valence-electron chi connectivity index (χ4n) is 4.33. The van der Waals surface area contributed by atoms with Crippen molar-refractivity contribution in [1.29, 1.82) is 0 Å². The van der Waals surface area contributed by atoms with Crippen molar-refractivity contribution < 1.29 is 9.59 Å². The highest BCUT2D eigenvalue weighted by molar-refractivity contribution is 6.05. The van der Waals surface area contributed by atoms with Gasteiger partial charge in [-0.15, -0.1) is 0 Å². The van der Waals surface area contributed by atoms with Crippen molar-refractivity contribution >= 4 is 22.7 Å². The fourth-order valence-corrected chi connectivity index (χ4v) is 4.33. The SMILES string of the molecule is CC(Cc1c[nH]c2ccccc12)N1C(=O)C2CCCCC2C1=O.